The molecule has 2 aromatic carbocycles. The van der Waals surface area contributed by atoms with Crippen molar-refractivity contribution in [3.8, 4) is 0 Å². The van der Waals surface area contributed by atoms with Crippen molar-refractivity contribution in [2.75, 3.05) is 0 Å². The van der Waals surface area contributed by atoms with Crippen molar-refractivity contribution in [3.05, 3.63) is 71.4 Å². The number of carbonyl (C=O) groups excluding carboxylic acids is 1. The van der Waals surface area contributed by atoms with Gasteiger partial charge in [-0.15, -0.1) is 0 Å². The van der Waals surface area contributed by atoms with Crippen molar-refractivity contribution in [1.82, 2.24) is 4.98 Å². The first-order valence-corrected chi connectivity index (χ1v) is 10.3. The summed E-state index contributed by atoms with van der Waals surface area (Å²) < 4.78 is 66.7. The van der Waals surface area contributed by atoms with Crippen LogP contribution in [0.1, 0.15) is 41.7 Å². The number of pyridine rings is 1. The first-order valence-electron chi connectivity index (χ1n) is 10.3. The monoisotopic (exact) mass is 459 g/mol. The van der Waals surface area contributed by atoms with Gasteiger partial charge in [0, 0.05) is 22.9 Å². The molecule has 170 valence electrons. The topological polar surface area (TPSA) is 54.7 Å². The Morgan fingerprint density at radius 2 is 1.76 bits per heavy atom. The van der Waals surface area contributed by atoms with Gasteiger partial charge in [-0.05, 0) is 80.1 Å². The zero-order valence-electron chi connectivity index (χ0n) is 17.2. The van der Waals surface area contributed by atoms with Crippen LogP contribution in [0.3, 0.4) is 0 Å². The minimum Gasteiger partial charge on any atom is -0.267 e. The van der Waals surface area contributed by atoms with E-state index in [1.54, 1.807) is 0 Å². The van der Waals surface area contributed by atoms with Crippen LogP contribution in [0.15, 0.2) is 58.5 Å². The number of benzene rings is 2. The number of halogens is 5. The van der Waals surface area contributed by atoms with Crippen molar-refractivity contribution in [2.24, 2.45) is 15.9 Å². The molecule has 1 aromatic heterocycles. The van der Waals surface area contributed by atoms with E-state index in [-0.39, 0.29) is 28.1 Å². The first-order chi connectivity index (χ1) is 15.7. The van der Waals surface area contributed by atoms with Crippen LogP contribution in [0.2, 0.25) is 0 Å². The number of rotatable bonds is 3. The SMILES string of the molecule is O=C(N=CC1CCCC(=Nc2cc(C(F)(F)F)nc3ccc(F)cc23)C1)c1ccc(F)cc1. The highest BCUT2D eigenvalue weighted by atomic mass is 19.4. The summed E-state index contributed by atoms with van der Waals surface area (Å²) in [6.07, 6.45) is -0.744. The number of aromatic nitrogens is 1. The third kappa shape index (κ3) is 5.47. The molecule has 1 fully saturated rings. The fraction of sp³-hybridized carbons (Fsp3) is 0.250. The molecule has 0 spiro atoms. The lowest BCUT2D eigenvalue weighted by Crippen LogP contribution is -2.17. The Bertz CT molecular complexity index is 1250. The number of hydrogen-bond acceptors (Lipinski definition) is 3. The standard InChI is InChI=1S/C24H18F5N3O/c25-16-6-4-15(5-7-16)23(33)30-13-14-2-1-3-18(10-14)31-21-12-22(24(27,28)29)32-20-9-8-17(26)11-19(20)21/h4-9,11-14H,1-3,10H2. The lowest BCUT2D eigenvalue weighted by molar-refractivity contribution is -0.140. The fourth-order valence-electron chi connectivity index (χ4n) is 3.73. The Morgan fingerprint density at radius 1 is 1.03 bits per heavy atom. The predicted octanol–water partition coefficient (Wildman–Crippen LogP) is 6.71. The van der Waals surface area contributed by atoms with E-state index in [1.807, 2.05) is 0 Å². The summed E-state index contributed by atoms with van der Waals surface area (Å²) in [4.78, 5) is 24.2. The third-order valence-electron chi connectivity index (χ3n) is 5.35. The van der Waals surface area contributed by atoms with Crippen molar-refractivity contribution >= 4 is 34.4 Å². The molecule has 1 saturated carbocycles. The maximum Gasteiger partial charge on any atom is 0.433 e. The molecule has 9 heteroatoms. The second-order valence-electron chi connectivity index (χ2n) is 7.81. The summed E-state index contributed by atoms with van der Waals surface area (Å²) in [6.45, 7) is 0. The molecule has 0 N–H and O–H groups in total. The number of alkyl halides is 3. The highest BCUT2D eigenvalue weighted by Gasteiger charge is 2.33. The minimum absolute atomic E-state index is 0.00167. The predicted molar refractivity (Wildman–Crippen MR) is 115 cm³/mol. The zero-order valence-corrected chi connectivity index (χ0v) is 17.2. The van der Waals surface area contributed by atoms with E-state index in [4.69, 9.17) is 0 Å². The molecule has 1 heterocycles. The lowest BCUT2D eigenvalue weighted by atomic mass is 9.88. The summed E-state index contributed by atoms with van der Waals surface area (Å²) in [5.74, 6) is -1.70. The van der Waals surface area contributed by atoms with Crippen LogP contribution in [0.4, 0.5) is 27.6 Å². The zero-order chi connectivity index (χ0) is 23.6. The van der Waals surface area contributed by atoms with E-state index in [0.717, 1.165) is 24.6 Å². The van der Waals surface area contributed by atoms with Crippen LogP contribution in [-0.2, 0) is 6.18 Å². The Morgan fingerprint density at radius 3 is 2.48 bits per heavy atom. The largest absolute Gasteiger partial charge is 0.433 e. The highest BCUT2D eigenvalue weighted by Crippen LogP contribution is 2.35. The maximum atomic E-state index is 13.8. The van der Waals surface area contributed by atoms with Gasteiger partial charge in [0.25, 0.3) is 5.91 Å². The summed E-state index contributed by atoms with van der Waals surface area (Å²) in [7, 11) is 0. The molecule has 0 aliphatic heterocycles. The molecule has 1 unspecified atom stereocenters. The van der Waals surface area contributed by atoms with Gasteiger partial charge in [-0.1, -0.05) is 0 Å². The Balaban J connectivity index is 1.59. The Labute approximate surface area is 185 Å². The van der Waals surface area contributed by atoms with Crippen molar-refractivity contribution < 1.29 is 26.7 Å². The summed E-state index contributed by atoms with van der Waals surface area (Å²) >= 11 is 0. The maximum absolute atomic E-state index is 13.8. The van der Waals surface area contributed by atoms with Gasteiger partial charge in [-0.3, -0.25) is 9.79 Å². The van der Waals surface area contributed by atoms with Crippen molar-refractivity contribution in [1.29, 1.82) is 0 Å². The van der Waals surface area contributed by atoms with Crippen LogP contribution in [0.25, 0.3) is 10.9 Å². The molecule has 0 radical (unpaired) electrons. The van der Waals surface area contributed by atoms with E-state index in [9.17, 15) is 26.7 Å². The number of carbonyl (C=O) groups is 1. The lowest BCUT2D eigenvalue weighted by Gasteiger charge is -2.20. The number of aliphatic imine (C=N–C) groups is 2. The van der Waals surface area contributed by atoms with Gasteiger partial charge < -0.3 is 0 Å². The van der Waals surface area contributed by atoms with Crippen LogP contribution >= 0.6 is 0 Å². The summed E-state index contributed by atoms with van der Waals surface area (Å²) in [5.41, 5.74) is -0.204. The molecule has 4 rings (SSSR count). The Hall–Kier alpha value is -3.49. The van der Waals surface area contributed by atoms with Crippen LogP contribution in [-0.4, -0.2) is 22.8 Å². The molecular weight excluding hydrogens is 441 g/mol. The van der Waals surface area contributed by atoms with E-state index >= 15 is 0 Å². The smallest absolute Gasteiger partial charge is 0.267 e. The van der Waals surface area contributed by atoms with E-state index in [1.165, 1.54) is 36.5 Å². The van der Waals surface area contributed by atoms with Crippen molar-refractivity contribution in [2.45, 2.75) is 31.9 Å². The number of nitrogens with zero attached hydrogens (tertiary/aromatic N) is 3. The molecule has 3 aromatic rings. The molecular formula is C24H18F5N3O. The highest BCUT2D eigenvalue weighted by molar-refractivity contribution is 6.00. The molecule has 0 saturated heterocycles. The van der Waals surface area contributed by atoms with Gasteiger partial charge in [0.05, 0.1) is 11.2 Å². The quantitative estimate of drug-likeness (QED) is 0.323. The van der Waals surface area contributed by atoms with E-state index < -0.39 is 29.4 Å². The molecule has 0 bridgehead atoms. The van der Waals surface area contributed by atoms with Crippen LogP contribution in [0.5, 0.6) is 0 Å². The molecule has 4 nitrogen and oxygen atoms in total. The van der Waals surface area contributed by atoms with Gasteiger partial charge in [0.15, 0.2) is 0 Å². The molecule has 1 amide bonds. The van der Waals surface area contributed by atoms with Gasteiger partial charge in [-0.25, -0.2) is 18.8 Å². The Kier molecular flexibility index (Phi) is 6.31. The van der Waals surface area contributed by atoms with Crippen LogP contribution < -0.4 is 0 Å². The molecule has 1 aliphatic rings. The third-order valence-corrected chi connectivity index (χ3v) is 5.35. The summed E-state index contributed by atoms with van der Waals surface area (Å²) in [5, 5.41) is 0.192. The molecule has 33 heavy (non-hydrogen) atoms. The second-order valence-corrected chi connectivity index (χ2v) is 7.81. The normalized spacial score (nSPS) is 18.3. The van der Waals surface area contributed by atoms with Crippen molar-refractivity contribution in [3.63, 3.8) is 0 Å². The van der Waals surface area contributed by atoms with Gasteiger partial charge in [-0.2, -0.15) is 13.2 Å². The molecule has 1 atom stereocenters. The van der Waals surface area contributed by atoms with Crippen LogP contribution in [0, 0.1) is 17.6 Å². The average molecular weight is 459 g/mol. The fourth-order valence-corrected chi connectivity index (χ4v) is 3.73. The summed E-state index contributed by atoms with van der Waals surface area (Å²) in [6, 6.07) is 9.22. The second kappa shape index (κ2) is 9.17. The minimum atomic E-state index is -4.67. The van der Waals surface area contributed by atoms with Gasteiger partial charge >= 0.3 is 6.18 Å². The van der Waals surface area contributed by atoms with E-state index in [0.29, 0.717) is 25.0 Å². The number of fused-ring (bicyclic) bond motifs is 1. The average Bonchev–Trinajstić information content (AvgIpc) is 2.78. The number of hydrogen-bond donors (Lipinski definition) is 0. The van der Waals surface area contributed by atoms with E-state index in [2.05, 4.69) is 15.0 Å². The molecule has 1 aliphatic carbocycles. The van der Waals surface area contributed by atoms with Gasteiger partial charge in [0.1, 0.15) is 17.3 Å². The van der Waals surface area contributed by atoms with Gasteiger partial charge in [0.2, 0.25) is 0 Å². The first kappa shape index (κ1) is 22.7. The number of amides is 1.